The van der Waals surface area contributed by atoms with Gasteiger partial charge in [0.15, 0.2) is 0 Å². The number of nitrogens with zero attached hydrogens (tertiary/aromatic N) is 1. The van der Waals surface area contributed by atoms with E-state index in [1.165, 1.54) is 6.92 Å². The standard InChI is InChI=1S/C14H12F6N2O7/c1-5-3-22(12(26)21-9(5)23)8-2-6(29-11(25)14(18,19)20)7(28-8)4-27-10(24)13(15,16)17/h3,6-8H,2,4H2,1H3,(H,21,23,26)/t6-,7+,8+/m0/s1. The highest BCUT2D eigenvalue weighted by molar-refractivity contribution is 5.76. The van der Waals surface area contributed by atoms with Crippen LogP contribution in [0.2, 0.25) is 0 Å². The maximum Gasteiger partial charge on any atom is 0.490 e. The quantitative estimate of drug-likeness (QED) is 0.548. The molecule has 1 aromatic rings. The Morgan fingerprint density at radius 2 is 1.76 bits per heavy atom. The number of rotatable bonds is 4. The van der Waals surface area contributed by atoms with E-state index in [0.717, 1.165) is 10.8 Å². The third-order valence-electron chi connectivity index (χ3n) is 3.74. The SMILES string of the molecule is Cc1cn([C@H]2C[C@H](OC(=O)C(F)(F)F)[C@@H](COC(=O)C(F)(F)F)O2)c(=O)[nH]c1=O. The van der Waals surface area contributed by atoms with E-state index in [4.69, 9.17) is 4.74 Å². The second-order valence-electron chi connectivity index (χ2n) is 5.88. The number of esters is 2. The van der Waals surface area contributed by atoms with Gasteiger partial charge in [0.25, 0.3) is 5.56 Å². The first-order chi connectivity index (χ1) is 13.2. The van der Waals surface area contributed by atoms with Crippen LogP contribution in [0.15, 0.2) is 15.8 Å². The molecule has 0 unspecified atom stereocenters. The maximum atomic E-state index is 12.4. The molecule has 1 saturated heterocycles. The molecular weight excluding hydrogens is 422 g/mol. The first kappa shape index (κ1) is 22.4. The number of hydrogen-bond acceptors (Lipinski definition) is 7. The highest BCUT2D eigenvalue weighted by Gasteiger charge is 2.48. The summed E-state index contributed by atoms with van der Waals surface area (Å²) >= 11 is 0. The van der Waals surface area contributed by atoms with Crippen LogP contribution in [0.3, 0.4) is 0 Å². The molecule has 162 valence electrons. The van der Waals surface area contributed by atoms with Gasteiger partial charge in [-0.1, -0.05) is 0 Å². The summed E-state index contributed by atoms with van der Waals surface area (Å²) in [7, 11) is 0. The molecule has 1 N–H and O–H groups in total. The molecule has 9 nitrogen and oxygen atoms in total. The fraction of sp³-hybridized carbons (Fsp3) is 0.571. The van der Waals surface area contributed by atoms with Crippen molar-refractivity contribution in [2.75, 3.05) is 6.61 Å². The van der Waals surface area contributed by atoms with Crippen molar-refractivity contribution in [1.82, 2.24) is 9.55 Å². The van der Waals surface area contributed by atoms with E-state index in [-0.39, 0.29) is 5.56 Å². The minimum Gasteiger partial charge on any atom is -0.456 e. The topological polar surface area (TPSA) is 117 Å². The second-order valence-corrected chi connectivity index (χ2v) is 5.88. The number of H-pyrrole nitrogens is 1. The van der Waals surface area contributed by atoms with E-state index in [0.29, 0.717) is 0 Å². The van der Waals surface area contributed by atoms with Gasteiger partial charge in [-0.2, -0.15) is 26.3 Å². The molecule has 1 fully saturated rings. The van der Waals surface area contributed by atoms with E-state index < -0.39 is 67.0 Å². The molecule has 1 aliphatic heterocycles. The first-order valence-electron chi connectivity index (χ1n) is 7.69. The number of aromatic amines is 1. The van der Waals surface area contributed by atoms with Crippen molar-refractivity contribution >= 4 is 11.9 Å². The van der Waals surface area contributed by atoms with Gasteiger partial charge in [-0.25, -0.2) is 14.4 Å². The Bertz CT molecular complexity index is 903. The number of aryl methyl sites for hydroxylation is 1. The Labute approximate surface area is 156 Å². The Morgan fingerprint density at radius 1 is 1.17 bits per heavy atom. The van der Waals surface area contributed by atoms with Crippen molar-refractivity contribution in [2.24, 2.45) is 0 Å². The lowest BCUT2D eigenvalue weighted by Crippen LogP contribution is -2.38. The molecule has 29 heavy (non-hydrogen) atoms. The Morgan fingerprint density at radius 3 is 2.31 bits per heavy atom. The summed E-state index contributed by atoms with van der Waals surface area (Å²) in [5.74, 6) is -5.29. The number of carbonyl (C=O) groups is 2. The van der Waals surface area contributed by atoms with Gasteiger partial charge in [0.05, 0.1) is 0 Å². The minimum absolute atomic E-state index is 0.0176. The summed E-state index contributed by atoms with van der Waals surface area (Å²) in [6, 6.07) is 0. The van der Waals surface area contributed by atoms with E-state index in [1.54, 1.807) is 0 Å². The van der Waals surface area contributed by atoms with E-state index >= 15 is 0 Å². The van der Waals surface area contributed by atoms with Crippen molar-refractivity contribution in [3.8, 4) is 0 Å². The molecule has 1 aromatic heterocycles. The van der Waals surface area contributed by atoms with Crippen LogP contribution in [-0.2, 0) is 23.8 Å². The van der Waals surface area contributed by atoms with Crippen LogP contribution in [0.1, 0.15) is 18.2 Å². The Hall–Kier alpha value is -2.84. The number of aromatic nitrogens is 2. The van der Waals surface area contributed by atoms with Crippen molar-refractivity contribution in [2.45, 2.75) is 44.1 Å². The fourth-order valence-corrected chi connectivity index (χ4v) is 2.39. The largest absolute Gasteiger partial charge is 0.490 e. The second kappa shape index (κ2) is 7.88. The number of alkyl halides is 6. The van der Waals surface area contributed by atoms with Crippen LogP contribution in [-0.4, -0.2) is 52.7 Å². The Kier molecular flexibility index (Phi) is 6.10. The van der Waals surface area contributed by atoms with E-state index in [9.17, 15) is 45.5 Å². The molecule has 2 heterocycles. The third kappa shape index (κ3) is 5.36. The molecule has 2 rings (SSSR count). The summed E-state index contributed by atoms with van der Waals surface area (Å²) in [5.41, 5.74) is -1.76. The minimum atomic E-state index is -5.41. The monoisotopic (exact) mass is 434 g/mol. The summed E-state index contributed by atoms with van der Waals surface area (Å²) in [4.78, 5) is 47.0. The zero-order valence-corrected chi connectivity index (χ0v) is 14.3. The van der Waals surface area contributed by atoms with Crippen molar-refractivity contribution < 1.29 is 50.1 Å². The first-order valence-corrected chi connectivity index (χ1v) is 7.69. The molecular formula is C14H12F6N2O7. The molecule has 0 saturated carbocycles. The summed E-state index contributed by atoms with van der Waals surface area (Å²) in [6.07, 6.45) is -15.3. The van der Waals surface area contributed by atoms with Crippen molar-refractivity contribution in [3.05, 3.63) is 32.6 Å². The highest BCUT2D eigenvalue weighted by Crippen LogP contribution is 2.32. The van der Waals surface area contributed by atoms with Crippen LogP contribution >= 0.6 is 0 Å². The highest BCUT2D eigenvalue weighted by atomic mass is 19.4. The van der Waals surface area contributed by atoms with Crippen LogP contribution in [0.25, 0.3) is 0 Å². The smallest absolute Gasteiger partial charge is 0.456 e. The average molecular weight is 434 g/mol. The fourth-order valence-electron chi connectivity index (χ4n) is 2.39. The molecule has 1 aliphatic rings. The van der Waals surface area contributed by atoms with Crippen molar-refractivity contribution in [3.63, 3.8) is 0 Å². The van der Waals surface area contributed by atoms with Crippen LogP contribution in [0.5, 0.6) is 0 Å². The number of hydrogen-bond donors (Lipinski definition) is 1. The van der Waals surface area contributed by atoms with Gasteiger partial charge in [0, 0.05) is 18.2 Å². The summed E-state index contributed by atoms with van der Waals surface area (Å²) < 4.78 is 88.1. The summed E-state index contributed by atoms with van der Waals surface area (Å²) in [6.45, 7) is 0.0925. The van der Waals surface area contributed by atoms with Crippen LogP contribution < -0.4 is 11.2 Å². The van der Waals surface area contributed by atoms with Crippen molar-refractivity contribution in [1.29, 1.82) is 0 Å². The molecule has 15 heteroatoms. The van der Waals surface area contributed by atoms with Crippen LogP contribution in [0.4, 0.5) is 26.3 Å². The number of ether oxygens (including phenoxy) is 3. The number of carbonyl (C=O) groups excluding carboxylic acids is 2. The van der Waals surface area contributed by atoms with E-state index in [1.807, 2.05) is 4.98 Å². The molecule has 0 aromatic carbocycles. The van der Waals surface area contributed by atoms with Gasteiger partial charge in [-0.3, -0.25) is 14.3 Å². The molecule has 3 atom stereocenters. The van der Waals surface area contributed by atoms with E-state index in [2.05, 4.69) is 9.47 Å². The zero-order valence-electron chi connectivity index (χ0n) is 14.3. The Balaban J connectivity index is 2.25. The molecule has 0 spiro atoms. The lowest BCUT2D eigenvalue weighted by Gasteiger charge is -2.19. The number of halogens is 6. The molecule has 0 amide bonds. The van der Waals surface area contributed by atoms with Gasteiger partial charge in [0.2, 0.25) is 0 Å². The maximum absolute atomic E-state index is 12.4. The predicted molar refractivity (Wildman–Crippen MR) is 77.5 cm³/mol. The lowest BCUT2D eigenvalue weighted by atomic mass is 10.2. The van der Waals surface area contributed by atoms with Crippen LogP contribution in [0, 0.1) is 6.92 Å². The van der Waals surface area contributed by atoms with Gasteiger partial charge in [-0.05, 0) is 6.92 Å². The normalized spacial score (nSPS) is 22.4. The molecule has 0 bridgehead atoms. The summed E-state index contributed by atoms with van der Waals surface area (Å²) in [5, 5.41) is 0. The third-order valence-corrected chi connectivity index (χ3v) is 3.74. The van der Waals surface area contributed by atoms with Gasteiger partial charge in [-0.15, -0.1) is 0 Å². The zero-order chi connectivity index (χ0) is 22.1. The predicted octanol–water partition coefficient (Wildman–Crippen LogP) is 0.712. The number of nitrogens with one attached hydrogen (secondary N) is 1. The average Bonchev–Trinajstić information content (AvgIpc) is 2.96. The van der Waals surface area contributed by atoms with Gasteiger partial charge in [0.1, 0.15) is 25.0 Å². The van der Waals surface area contributed by atoms with Gasteiger partial charge >= 0.3 is 30.0 Å². The molecule has 0 radical (unpaired) electrons. The molecule has 0 aliphatic carbocycles. The lowest BCUT2D eigenvalue weighted by molar-refractivity contribution is -0.212. The van der Waals surface area contributed by atoms with Gasteiger partial charge < -0.3 is 14.2 Å².